The molecule has 114 valence electrons. The fourth-order valence-electron chi connectivity index (χ4n) is 2.28. The average Bonchev–Trinajstić information content (AvgIpc) is 2.53. The van der Waals surface area contributed by atoms with Crippen LogP contribution in [0.2, 0.25) is 0 Å². The Kier molecular flexibility index (Phi) is 5.03. The molecule has 0 aromatic heterocycles. The highest BCUT2D eigenvalue weighted by atomic mass is 32.2. The first-order valence-corrected chi connectivity index (χ1v) is 7.77. The Bertz CT molecular complexity index is 552. The van der Waals surface area contributed by atoms with E-state index in [4.69, 9.17) is 5.84 Å². The second-order valence-electron chi connectivity index (χ2n) is 4.79. The molecule has 1 aliphatic heterocycles. The monoisotopic (exact) mass is 310 g/mol. The van der Waals surface area contributed by atoms with Crippen molar-refractivity contribution in [3.63, 3.8) is 0 Å². The quantitative estimate of drug-likeness (QED) is 0.500. The highest BCUT2D eigenvalue weighted by molar-refractivity contribution is 8.00. The molecule has 1 amide bonds. The van der Waals surface area contributed by atoms with Gasteiger partial charge in [-0.1, -0.05) is 6.92 Å². The summed E-state index contributed by atoms with van der Waals surface area (Å²) in [6, 6.07) is 4.21. The lowest BCUT2D eigenvalue weighted by atomic mass is 10.1. The Labute approximate surface area is 127 Å². The topological polar surface area (TPSA) is 102 Å². The SMILES string of the molecule is CCC1CN(C(=O)c2ccc([N+](=O)[O-])c(NN)c2)CCS1. The summed E-state index contributed by atoms with van der Waals surface area (Å²) < 4.78 is 0. The van der Waals surface area contributed by atoms with E-state index >= 15 is 0 Å². The van der Waals surface area contributed by atoms with Crippen molar-refractivity contribution in [3.05, 3.63) is 33.9 Å². The number of amides is 1. The van der Waals surface area contributed by atoms with Crippen LogP contribution in [0.1, 0.15) is 23.7 Å². The Morgan fingerprint density at radius 3 is 3.00 bits per heavy atom. The van der Waals surface area contributed by atoms with Gasteiger partial charge in [0.15, 0.2) is 0 Å². The van der Waals surface area contributed by atoms with Crippen molar-refractivity contribution < 1.29 is 9.72 Å². The number of hydrazine groups is 1. The second kappa shape index (κ2) is 6.77. The molecule has 1 saturated heterocycles. The average molecular weight is 310 g/mol. The number of rotatable bonds is 4. The van der Waals surface area contributed by atoms with Crippen LogP contribution in [0, 0.1) is 10.1 Å². The summed E-state index contributed by atoms with van der Waals surface area (Å²) in [5.74, 6) is 6.10. The van der Waals surface area contributed by atoms with Gasteiger partial charge in [-0.3, -0.25) is 20.8 Å². The minimum atomic E-state index is -0.534. The normalized spacial score (nSPS) is 18.4. The first kappa shape index (κ1) is 15.6. The van der Waals surface area contributed by atoms with Crippen molar-refractivity contribution in [1.29, 1.82) is 0 Å². The number of benzene rings is 1. The third-order valence-corrected chi connectivity index (χ3v) is 4.85. The van der Waals surface area contributed by atoms with E-state index in [9.17, 15) is 14.9 Å². The van der Waals surface area contributed by atoms with Crippen LogP contribution in [0.3, 0.4) is 0 Å². The molecule has 1 fully saturated rings. The molecule has 8 heteroatoms. The van der Waals surface area contributed by atoms with Crippen LogP contribution in [-0.4, -0.2) is 39.8 Å². The number of hydrogen-bond acceptors (Lipinski definition) is 6. The van der Waals surface area contributed by atoms with Gasteiger partial charge < -0.3 is 10.3 Å². The summed E-state index contributed by atoms with van der Waals surface area (Å²) in [6.45, 7) is 3.51. The van der Waals surface area contributed by atoms with Crippen molar-refractivity contribution in [2.45, 2.75) is 18.6 Å². The van der Waals surface area contributed by atoms with E-state index < -0.39 is 4.92 Å². The maximum Gasteiger partial charge on any atom is 0.293 e. The van der Waals surface area contributed by atoms with Crippen molar-refractivity contribution in [1.82, 2.24) is 4.90 Å². The highest BCUT2D eigenvalue weighted by Crippen LogP contribution is 2.27. The number of nitrogen functional groups attached to an aromatic ring is 1. The number of nitro benzene ring substituents is 1. The van der Waals surface area contributed by atoms with Crippen LogP contribution in [0.5, 0.6) is 0 Å². The maximum absolute atomic E-state index is 12.5. The zero-order chi connectivity index (χ0) is 15.4. The number of anilines is 1. The summed E-state index contributed by atoms with van der Waals surface area (Å²) in [5.41, 5.74) is 2.69. The summed E-state index contributed by atoms with van der Waals surface area (Å²) in [5, 5.41) is 11.3. The Balaban J connectivity index is 2.21. The maximum atomic E-state index is 12.5. The first-order valence-electron chi connectivity index (χ1n) is 6.72. The van der Waals surface area contributed by atoms with E-state index in [2.05, 4.69) is 12.3 Å². The van der Waals surface area contributed by atoms with Crippen LogP contribution < -0.4 is 11.3 Å². The van der Waals surface area contributed by atoms with Crippen LogP contribution in [0.25, 0.3) is 0 Å². The van der Waals surface area contributed by atoms with E-state index in [0.29, 0.717) is 23.9 Å². The molecule has 1 unspecified atom stereocenters. The molecule has 0 saturated carbocycles. The summed E-state index contributed by atoms with van der Waals surface area (Å²) >= 11 is 1.88. The number of nitro groups is 1. The number of nitrogens with zero attached hydrogens (tertiary/aromatic N) is 2. The van der Waals surface area contributed by atoms with E-state index in [1.54, 1.807) is 4.90 Å². The summed E-state index contributed by atoms with van der Waals surface area (Å²) in [6.07, 6.45) is 1.02. The van der Waals surface area contributed by atoms with E-state index in [-0.39, 0.29) is 17.3 Å². The molecule has 1 atom stereocenters. The Morgan fingerprint density at radius 1 is 1.62 bits per heavy atom. The zero-order valence-corrected chi connectivity index (χ0v) is 12.6. The van der Waals surface area contributed by atoms with Crippen molar-refractivity contribution >= 4 is 29.0 Å². The first-order chi connectivity index (χ1) is 10.1. The number of thioether (sulfide) groups is 1. The minimum absolute atomic E-state index is 0.111. The summed E-state index contributed by atoms with van der Waals surface area (Å²) in [4.78, 5) is 24.6. The lowest BCUT2D eigenvalue weighted by Gasteiger charge is -2.32. The van der Waals surface area contributed by atoms with Gasteiger partial charge in [-0.15, -0.1) is 0 Å². The van der Waals surface area contributed by atoms with Crippen molar-refractivity contribution in [3.8, 4) is 0 Å². The molecule has 0 spiro atoms. The smallest absolute Gasteiger partial charge is 0.293 e. The van der Waals surface area contributed by atoms with Gasteiger partial charge in [0, 0.05) is 35.7 Å². The zero-order valence-electron chi connectivity index (χ0n) is 11.7. The molecule has 7 nitrogen and oxygen atoms in total. The Hall–Kier alpha value is -1.80. The lowest BCUT2D eigenvalue weighted by Crippen LogP contribution is -2.41. The van der Waals surface area contributed by atoms with Crippen molar-refractivity contribution in [2.75, 3.05) is 24.3 Å². The molecule has 2 rings (SSSR count). The summed E-state index contributed by atoms with van der Waals surface area (Å²) in [7, 11) is 0. The van der Waals surface area contributed by atoms with Gasteiger partial charge in [0.05, 0.1) is 4.92 Å². The third kappa shape index (κ3) is 3.45. The molecule has 1 aliphatic rings. The van der Waals surface area contributed by atoms with Gasteiger partial charge in [-0.2, -0.15) is 11.8 Å². The van der Waals surface area contributed by atoms with E-state index in [1.807, 2.05) is 11.8 Å². The second-order valence-corrected chi connectivity index (χ2v) is 6.19. The number of hydrogen-bond donors (Lipinski definition) is 2. The van der Waals surface area contributed by atoms with Crippen LogP contribution in [0.4, 0.5) is 11.4 Å². The van der Waals surface area contributed by atoms with E-state index in [0.717, 1.165) is 12.2 Å². The fourth-order valence-corrected chi connectivity index (χ4v) is 3.46. The molecular weight excluding hydrogens is 292 g/mol. The Morgan fingerprint density at radius 2 is 2.38 bits per heavy atom. The fraction of sp³-hybridized carbons (Fsp3) is 0.462. The minimum Gasteiger partial charge on any atom is -0.337 e. The van der Waals surface area contributed by atoms with Gasteiger partial charge in [0.25, 0.3) is 11.6 Å². The largest absolute Gasteiger partial charge is 0.337 e. The molecule has 3 N–H and O–H groups in total. The molecule has 0 bridgehead atoms. The molecule has 0 radical (unpaired) electrons. The molecule has 1 heterocycles. The predicted molar refractivity (Wildman–Crippen MR) is 83.3 cm³/mol. The lowest BCUT2D eigenvalue weighted by molar-refractivity contribution is -0.384. The number of carbonyl (C=O) groups excluding carboxylic acids is 1. The predicted octanol–water partition coefficient (Wildman–Crippen LogP) is 1.85. The van der Waals surface area contributed by atoms with Gasteiger partial charge in [0.2, 0.25) is 0 Å². The van der Waals surface area contributed by atoms with E-state index in [1.165, 1.54) is 18.2 Å². The molecule has 1 aromatic rings. The molecule has 0 aliphatic carbocycles. The van der Waals surface area contributed by atoms with Gasteiger partial charge in [-0.05, 0) is 18.6 Å². The molecular formula is C13H18N4O3S. The highest BCUT2D eigenvalue weighted by Gasteiger charge is 2.25. The number of nitrogens with one attached hydrogen (secondary N) is 1. The third-order valence-electron chi connectivity index (χ3n) is 3.48. The van der Waals surface area contributed by atoms with Crippen LogP contribution in [0.15, 0.2) is 18.2 Å². The number of carbonyl (C=O) groups is 1. The van der Waals surface area contributed by atoms with Gasteiger partial charge >= 0.3 is 0 Å². The number of nitrogens with two attached hydrogens (primary N) is 1. The van der Waals surface area contributed by atoms with Crippen LogP contribution >= 0.6 is 11.8 Å². The standard InChI is InChI=1S/C13H18N4O3S/c1-2-10-8-16(5-6-21-10)13(18)9-3-4-12(17(19)20)11(7-9)15-14/h3-4,7,10,15H,2,5-6,8,14H2,1H3. The van der Waals surface area contributed by atoms with Gasteiger partial charge in [-0.25, -0.2) is 0 Å². The van der Waals surface area contributed by atoms with Crippen molar-refractivity contribution in [2.24, 2.45) is 5.84 Å². The van der Waals surface area contributed by atoms with Gasteiger partial charge in [0.1, 0.15) is 5.69 Å². The molecule has 1 aromatic carbocycles. The van der Waals surface area contributed by atoms with Crippen LogP contribution in [-0.2, 0) is 0 Å². The molecule has 21 heavy (non-hydrogen) atoms.